The summed E-state index contributed by atoms with van der Waals surface area (Å²) >= 11 is 8.66. The third-order valence-corrected chi connectivity index (χ3v) is 4.11. The average Bonchev–Trinajstić information content (AvgIpc) is 2.16. The smallest absolute Gasteiger partial charge is 0.0424 e. The first kappa shape index (κ1) is 12.3. The molecule has 14 heavy (non-hydrogen) atoms. The van der Waals surface area contributed by atoms with Crippen LogP contribution in [0.2, 0.25) is 0 Å². The van der Waals surface area contributed by atoms with Gasteiger partial charge in [0.15, 0.2) is 0 Å². The van der Waals surface area contributed by atoms with Crippen LogP contribution in [0.4, 0.5) is 0 Å². The van der Waals surface area contributed by atoms with Crippen molar-refractivity contribution in [3.63, 3.8) is 0 Å². The summed E-state index contributed by atoms with van der Waals surface area (Å²) in [5.74, 6) is 0.944. The summed E-state index contributed by atoms with van der Waals surface area (Å²) in [5, 5.41) is 0.218. The monoisotopic (exact) mass is 322 g/mol. The second-order valence-electron chi connectivity index (χ2n) is 4.03. The van der Waals surface area contributed by atoms with Crippen molar-refractivity contribution in [3.05, 3.63) is 33.4 Å². The second-order valence-corrected chi connectivity index (χ2v) is 5.78. The first-order valence-electron chi connectivity index (χ1n) is 4.92. The Balaban J connectivity index is 2.78. The summed E-state index contributed by atoms with van der Waals surface area (Å²) in [7, 11) is 0. The zero-order valence-corrected chi connectivity index (χ0v) is 11.7. The van der Waals surface area contributed by atoms with Crippen molar-refractivity contribution >= 4 is 34.2 Å². The maximum atomic E-state index is 6.34. The predicted octanol–water partition coefficient (Wildman–Crippen LogP) is 4.66. The molecule has 0 aliphatic heterocycles. The summed E-state index contributed by atoms with van der Waals surface area (Å²) in [6, 6.07) is 8.61. The van der Waals surface area contributed by atoms with Gasteiger partial charge in [-0.15, -0.1) is 11.6 Å². The van der Waals surface area contributed by atoms with Crippen LogP contribution in [-0.2, 0) is 0 Å². The molecule has 0 spiro atoms. The molecule has 1 aromatic rings. The van der Waals surface area contributed by atoms with Crippen LogP contribution < -0.4 is 0 Å². The lowest BCUT2D eigenvalue weighted by atomic mass is 9.91. The van der Waals surface area contributed by atoms with Crippen LogP contribution in [0.3, 0.4) is 0 Å². The van der Waals surface area contributed by atoms with E-state index in [1.54, 1.807) is 0 Å². The van der Waals surface area contributed by atoms with E-state index in [1.807, 2.05) is 0 Å². The van der Waals surface area contributed by atoms with Crippen molar-refractivity contribution < 1.29 is 0 Å². The lowest BCUT2D eigenvalue weighted by molar-refractivity contribution is 0.533. The van der Waals surface area contributed by atoms with Crippen LogP contribution in [0, 0.1) is 9.49 Å². The van der Waals surface area contributed by atoms with E-state index in [0.29, 0.717) is 11.8 Å². The maximum absolute atomic E-state index is 6.34. The number of halogens is 2. The molecule has 1 rings (SSSR count). The molecule has 2 heteroatoms. The maximum Gasteiger partial charge on any atom is 0.0424 e. The highest BCUT2D eigenvalue weighted by molar-refractivity contribution is 14.1. The zero-order valence-electron chi connectivity index (χ0n) is 8.80. The topological polar surface area (TPSA) is 0 Å². The Bertz CT molecular complexity index is 279. The Hall–Kier alpha value is 0.240. The molecule has 0 radical (unpaired) electrons. The van der Waals surface area contributed by atoms with Gasteiger partial charge >= 0.3 is 0 Å². The van der Waals surface area contributed by atoms with Crippen molar-refractivity contribution in [1.82, 2.24) is 0 Å². The SMILES string of the molecule is CC(C)C(Cl)C(C)c1ccc(I)cc1. The first-order valence-corrected chi connectivity index (χ1v) is 6.43. The van der Waals surface area contributed by atoms with Gasteiger partial charge < -0.3 is 0 Å². The van der Waals surface area contributed by atoms with Gasteiger partial charge in [-0.05, 0) is 52.1 Å². The van der Waals surface area contributed by atoms with Crippen LogP contribution >= 0.6 is 34.2 Å². The molecule has 0 aliphatic carbocycles. The summed E-state index contributed by atoms with van der Waals surface area (Å²) in [5.41, 5.74) is 1.33. The molecular formula is C12H16ClI. The van der Waals surface area contributed by atoms with Crippen molar-refractivity contribution in [2.45, 2.75) is 32.1 Å². The second kappa shape index (κ2) is 5.36. The molecule has 0 fully saturated rings. The molecule has 0 aliphatic rings. The predicted molar refractivity (Wildman–Crippen MR) is 72.1 cm³/mol. The van der Waals surface area contributed by atoms with Crippen molar-refractivity contribution in [2.75, 3.05) is 0 Å². The molecule has 0 saturated carbocycles. The standard InChI is InChI=1S/C12H16ClI/c1-8(2)12(13)9(3)10-4-6-11(14)7-5-10/h4-9,12H,1-3H3. The highest BCUT2D eigenvalue weighted by atomic mass is 127. The van der Waals surface area contributed by atoms with E-state index in [1.165, 1.54) is 9.13 Å². The number of hydrogen-bond acceptors (Lipinski definition) is 0. The lowest BCUT2D eigenvalue weighted by Crippen LogP contribution is -2.16. The number of benzene rings is 1. The quantitative estimate of drug-likeness (QED) is 0.561. The van der Waals surface area contributed by atoms with Crippen LogP contribution in [0.5, 0.6) is 0 Å². The fourth-order valence-corrected chi connectivity index (χ4v) is 2.03. The van der Waals surface area contributed by atoms with Crippen molar-refractivity contribution in [2.24, 2.45) is 5.92 Å². The molecule has 0 bridgehead atoms. The molecule has 0 aromatic heterocycles. The summed E-state index contributed by atoms with van der Waals surface area (Å²) < 4.78 is 1.27. The van der Waals surface area contributed by atoms with Gasteiger partial charge in [-0.2, -0.15) is 0 Å². The average molecular weight is 323 g/mol. The van der Waals surface area contributed by atoms with E-state index in [2.05, 4.69) is 67.6 Å². The Labute approximate surface area is 105 Å². The summed E-state index contributed by atoms with van der Waals surface area (Å²) in [6.07, 6.45) is 0. The molecule has 0 saturated heterocycles. The lowest BCUT2D eigenvalue weighted by Gasteiger charge is -2.21. The van der Waals surface area contributed by atoms with E-state index in [4.69, 9.17) is 11.6 Å². The fraction of sp³-hybridized carbons (Fsp3) is 0.500. The van der Waals surface area contributed by atoms with Gasteiger partial charge in [0.05, 0.1) is 0 Å². The fourth-order valence-electron chi connectivity index (χ4n) is 1.53. The minimum atomic E-state index is 0.218. The molecular weight excluding hydrogens is 306 g/mol. The van der Waals surface area contributed by atoms with Crippen molar-refractivity contribution in [3.8, 4) is 0 Å². The zero-order chi connectivity index (χ0) is 10.7. The Morgan fingerprint density at radius 3 is 2.00 bits per heavy atom. The minimum Gasteiger partial charge on any atom is -0.122 e. The molecule has 0 amide bonds. The largest absolute Gasteiger partial charge is 0.122 e. The highest BCUT2D eigenvalue weighted by Gasteiger charge is 2.19. The van der Waals surface area contributed by atoms with Gasteiger partial charge in [-0.3, -0.25) is 0 Å². The van der Waals surface area contributed by atoms with Crippen LogP contribution in [-0.4, -0.2) is 5.38 Å². The molecule has 78 valence electrons. The Kier molecular flexibility index (Phi) is 4.71. The van der Waals surface area contributed by atoms with Crippen molar-refractivity contribution in [1.29, 1.82) is 0 Å². The van der Waals surface area contributed by atoms with E-state index in [9.17, 15) is 0 Å². The molecule has 1 aromatic carbocycles. The molecule has 0 N–H and O–H groups in total. The molecule has 0 heterocycles. The highest BCUT2D eigenvalue weighted by Crippen LogP contribution is 2.28. The van der Waals surface area contributed by atoms with Gasteiger partial charge in [-0.1, -0.05) is 32.9 Å². The summed E-state index contributed by atoms with van der Waals surface area (Å²) in [4.78, 5) is 0. The third kappa shape index (κ3) is 3.13. The summed E-state index contributed by atoms with van der Waals surface area (Å²) in [6.45, 7) is 6.53. The number of hydrogen-bond donors (Lipinski definition) is 0. The van der Waals surface area contributed by atoms with Crippen LogP contribution in [0.25, 0.3) is 0 Å². The van der Waals surface area contributed by atoms with Crippen LogP contribution in [0.1, 0.15) is 32.3 Å². The van der Waals surface area contributed by atoms with E-state index < -0.39 is 0 Å². The Morgan fingerprint density at radius 1 is 1.07 bits per heavy atom. The normalized spacial score (nSPS) is 15.6. The molecule has 2 atom stereocenters. The van der Waals surface area contributed by atoms with E-state index in [0.717, 1.165) is 0 Å². The molecule has 0 nitrogen and oxygen atoms in total. The van der Waals surface area contributed by atoms with E-state index >= 15 is 0 Å². The Morgan fingerprint density at radius 2 is 1.57 bits per heavy atom. The van der Waals surface area contributed by atoms with E-state index in [-0.39, 0.29) is 5.38 Å². The molecule has 2 unspecified atom stereocenters. The van der Waals surface area contributed by atoms with Gasteiger partial charge in [-0.25, -0.2) is 0 Å². The third-order valence-electron chi connectivity index (χ3n) is 2.51. The number of alkyl halides is 1. The van der Waals surface area contributed by atoms with Gasteiger partial charge in [0.1, 0.15) is 0 Å². The van der Waals surface area contributed by atoms with Gasteiger partial charge in [0.2, 0.25) is 0 Å². The minimum absolute atomic E-state index is 0.218. The van der Waals surface area contributed by atoms with Gasteiger partial charge in [0.25, 0.3) is 0 Å². The number of rotatable bonds is 3. The van der Waals surface area contributed by atoms with Gasteiger partial charge in [0, 0.05) is 8.95 Å². The van der Waals surface area contributed by atoms with Crippen LogP contribution in [0.15, 0.2) is 24.3 Å². The first-order chi connectivity index (χ1) is 6.52.